The van der Waals surface area contributed by atoms with E-state index in [-0.39, 0.29) is 17.3 Å². The van der Waals surface area contributed by atoms with E-state index < -0.39 is 25.8 Å². The predicted octanol–water partition coefficient (Wildman–Crippen LogP) is -0.971. The monoisotopic (exact) mass is 337 g/mol. The summed E-state index contributed by atoms with van der Waals surface area (Å²) < 4.78 is 47.3. The number of nitrogens with one attached hydrogen (secondary N) is 1. The second-order valence-electron chi connectivity index (χ2n) is 4.04. The van der Waals surface area contributed by atoms with Gasteiger partial charge in [-0.3, -0.25) is 0 Å². The van der Waals surface area contributed by atoms with Crippen molar-refractivity contribution in [2.45, 2.75) is 5.75 Å². The summed E-state index contributed by atoms with van der Waals surface area (Å²) in [6, 6.07) is 6.57. The quantitative estimate of drug-likeness (QED) is 0.548. The molecule has 1 aromatic rings. The van der Waals surface area contributed by atoms with Gasteiger partial charge in [0.2, 0.25) is 20.0 Å². The molecule has 0 bridgehead atoms. The highest BCUT2D eigenvalue weighted by molar-refractivity contribution is 7.89. The van der Waals surface area contributed by atoms with Gasteiger partial charge in [0.05, 0.1) is 11.5 Å². The van der Waals surface area contributed by atoms with E-state index in [1.807, 2.05) is 0 Å². The van der Waals surface area contributed by atoms with Gasteiger partial charge in [-0.15, -0.1) is 0 Å². The Labute approximate surface area is 123 Å². The van der Waals surface area contributed by atoms with Gasteiger partial charge in [-0.25, -0.2) is 26.7 Å². The van der Waals surface area contributed by atoms with Crippen LogP contribution in [0.2, 0.25) is 0 Å². The molecule has 0 unspecified atom stereocenters. The Morgan fingerprint density at radius 2 is 1.80 bits per heavy atom. The molecule has 0 saturated carbocycles. The van der Waals surface area contributed by atoms with Crippen LogP contribution < -0.4 is 15.6 Å². The molecule has 1 rings (SSSR count). The first-order valence-electron chi connectivity index (χ1n) is 5.46. The highest BCUT2D eigenvalue weighted by Gasteiger charge is 2.15. The van der Waals surface area contributed by atoms with Crippen LogP contribution in [0.15, 0.2) is 24.3 Å². The summed E-state index contributed by atoms with van der Waals surface area (Å²) in [5.74, 6) is -0.811. The first-order valence-corrected chi connectivity index (χ1v) is 9.24. The van der Waals surface area contributed by atoms with Crippen LogP contribution in [0, 0.1) is 0 Å². The van der Waals surface area contributed by atoms with E-state index in [0.717, 1.165) is 0 Å². The Morgan fingerprint density at radius 3 is 2.35 bits per heavy atom. The van der Waals surface area contributed by atoms with Gasteiger partial charge < -0.3 is 5.73 Å². The lowest BCUT2D eigenvalue weighted by Gasteiger charge is -2.09. The van der Waals surface area contributed by atoms with Crippen molar-refractivity contribution in [1.82, 2.24) is 4.72 Å². The summed E-state index contributed by atoms with van der Waals surface area (Å²) in [4.78, 5) is 0.0975. The molecule has 20 heavy (non-hydrogen) atoms. The number of hydrogen-bond acceptors (Lipinski definition) is 5. The highest BCUT2D eigenvalue weighted by atomic mass is 32.2. The lowest BCUT2D eigenvalue weighted by molar-refractivity contribution is 0.580. The normalized spacial score (nSPS) is 12.2. The Balaban J connectivity index is 2.79. The van der Waals surface area contributed by atoms with Crippen LogP contribution in [0.4, 0.5) is 0 Å². The van der Waals surface area contributed by atoms with E-state index in [1.54, 1.807) is 24.3 Å². The van der Waals surface area contributed by atoms with Crippen molar-refractivity contribution in [3.63, 3.8) is 0 Å². The smallest absolute Gasteiger partial charge is 0.215 e. The van der Waals surface area contributed by atoms with Crippen molar-refractivity contribution in [2.75, 3.05) is 12.3 Å². The molecule has 7 nitrogen and oxygen atoms in total. The summed E-state index contributed by atoms with van der Waals surface area (Å²) in [5, 5.41) is 4.78. The summed E-state index contributed by atoms with van der Waals surface area (Å²) >= 11 is 4.84. The maximum Gasteiger partial charge on any atom is 0.215 e. The average molecular weight is 337 g/mol. The van der Waals surface area contributed by atoms with Gasteiger partial charge in [-0.05, 0) is 5.56 Å². The molecular weight excluding hydrogens is 322 g/mol. The van der Waals surface area contributed by atoms with Gasteiger partial charge in [0.25, 0.3) is 0 Å². The van der Waals surface area contributed by atoms with Gasteiger partial charge in [0.1, 0.15) is 4.99 Å². The van der Waals surface area contributed by atoms with E-state index in [9.17, 15) is 16.8 Å². The molecule has 0 aliphatic rings. The van der Waals surface area contributed by atoms with Crippen LogP contribution in [0.1, 0.15) is 11.1 Å². The lowest BCUT2D eigenvalue weighted by Crippen LogP contribution is -2.32. The minimum absolute atomic E-state index is 0.0975. The molecule has 10 heteroatoms. The molecule has 112 valence electrons. The summed E-state index contributed by atoms with van der Waals surface area (Å²) in [6.45, 7) is -0.281. The van der Waals surface area contributed by atoms with Crippen LogP contribution in [0.3, 0.4) is 0 Å². The molecule has 5 N–H and O–H groups in total. The van der Waals surface area contributed by atoms with Crippen molar-refractivity contribution in [3.05, 3.63) is 35.4 Å². The fraction of sp³-hybridized carbons (Fsp3) is 0.300. The minimum atomic E-state index is -3.71. The van der Waals surface area contributed by atoms with Crippen molar-refractivity contribution in [1.29, 1.82) is 0 Å². The Hall–Kier alpha value is -1.07. The zero-order valence-electron chi connectivity index (χ0n) is 10.4. The minimum Gasteiger partial charge on any atom is -0.389 e. The van der Waals surface area contributed by atoms with E-state index in [0.29, 0.717) is 11.1 Å². The van der Waals surface area contributed by atoms with Crippen LogP contribution in [0.5, 0.6) is 0 Å². The van der Waals surface area contributed by atoms with Gasteiger partial charge in [0.15, 0.2) is 0 Å². The third-order valence-corrected chi connectivity index (χ3v) is 4.66. The van der Waals surface area contributed by atoms with Crippen LogP contribution in [-0.2, 0) is 25.8 Å². The van der Waals surface area contributed by atoms with E-state index in [1.165, 1.54) is 0 Å². The molecule has 0 aromatic heterocycles. The molecule has 0 atom stereocenters. The number of primary sulfonamides is 1. The number of rotatable bonds is 7. The summed E-state index contributed by atoms with van der Waals surface area (Å²) in [5.41, 5.74) is 6.43. The fourth-order valence-electron chi connectivity index (χ4n) is 1.48. The van der Waals surface area contributed by atoms with Crippen molar-refractivity contribution in [3.8, 4) is 0 Å². The molecule has 0 heterocycles. The number of benzene rings is 1. The van der Waals surface area contributed by atoms with E-state index >= 15 is 0 Å². The van der Waals surface area contributed by atoms with Gasteiger partial charge in [-0.1, -0.05) is 36.5 Å². The second kappa shape index (κ2) is 6.59. The molecule has 0 amide bonds. The number of thiocarbonyl (C=S) groups is 1. The standard InChI is InChI=1S/C10H15N3O4S3/c11-10(18)9-4-2-1-3-8(9)7-20(16,17)13-5-6-19(12,14)15/h1-4,13H,5-7H2,(H2,11,18)(H2,12,14,15). The molecule has 0 saturated heterocycles. The fourth-order valence-corrected chi connectivity index (χ4v) is 3.37. The van der Waals surface area contributed by atoms with Gasteiger partial charge in [0, 0.05) is 12.1 Å². The highest BCUT2D eigenvalue weighted by Crippen LogP contribution is 2.11. The number of hydrogen-bond donors (Lipinski definition) is 3. The molecule has 1 aromatic carbocycles. The zero-order chi connectivity index (χ0) is 15.4. The SMILES string of the molecule is NC(=S)c1ccccc1CS(=O)(=O)NCCS(N)(=O)=O. The summed E-state index contributed by atoms with van der Waals surface area (Å²) in [7, 11) is -7.41. The number of sulfonamides is 2. The molecule has 0 fully saturated rings. The lowest BCUT2D eigenvalue weighted by atomic mass is 10.1. The Kier molecular flexibility index (Phi) is 5.59. The van der Waals surface area contributed by atoms with E-state index in [2.05, 4.69) is 4.72 Å². The largest absolute Gasteiger partial charge is 0.389 e. The van der Waals surface area contributed by atoms with Crippen LogP contribution in [0.25, 0.3) is 0 Å². The van der Waals surface area contributed by atoms with Crippen LogP contribution >= 0.6 is 12.2 Å². The molecule has 0 spiro atoms. The molecule has 0 aliphatic carbocycles. The first kappa shape index (κ1) is 17.0. The first-order chi connectivity index (χ1) is 9.11. The van der Waals surface area contributed by atoms with Crippen molar-refractivity contribution < 1.29 is 16.8 Å². The maximum atomic E-state index is 11.8. The molecule has 0 aliphatic heterocycles. The van der Waals surface area contributed by atoms with Gasteiger partial charge in [-0.2, -0.15) is 0 Å². The number of nitrogens with two attached hydrogens (primary N) is 2. The third-order valence-electron chi connectivity index (χ3n) is 2.34. The zero-order valence-corrected chi connectivity index (χ0v) is 12.9. The molecule has 0 radical (unpaired) electrons. The Morgan fingerprint density at radius 1 is 1.20 bits per heavy atom. The maximum absolute atomic E-state index is 11.8. The summed E-state index contributed by atoms with van der Waals surface area (Å²) in [6.07, 6.45) is 0. The van der Waals surface area contributed by atoms with Crippen LogP contribution in [-0.4, -0.2) is 34.1 Å². The predicted molar refractivity (Wildman–Crippen MR) is 80.9 cm³/mol. The average Bonchev–Trinajstić information content (AvgIpc) is 2.26. The van der Waals surface area contributed by atoms with Crippen molar-refractivity contribution >= 4 is 37.3 Å². The Bertz CT molecular complexity index is 698. The van der Waals surface area contributed by atoms with E-state index in [4.69, 9.17) is 23.1 Å². The van der Waals surface area contributed by atoms with Gasteiger partial charge >= 0.3 is 0 Å². The second-order valence-corrected chi connectivity index (χ2v) is 8.02. The van der Waals surface area contributed by atoms with Crippen molar-refractivity contribution in [2.24, 2.45) is 10.9 Å². The topological polar surface area (TPSA) is 132 Å². The third kappa shape index (κ3) is 5.92. The molecular formula is C10H15N3O4S3.